The van der Waals surface area contributed by atoms with Crippen molar-refractivity contribution in [1.82, 2.24) is 8.96 Å². The Hall–Kier alpha value is -2.78. The van der Waals surface area contributed by atoms with E-state index in [2.05, 4.69) is 23.0 Å². The van der Waals surface area contributed by atoms with E-state index in [0.29, 0.717) is 17.5 Å². The molecule has 0 aliphatic carbocycles. The van der Waals surface area contributed by atoms with E-state index in [1.165, 1.54) is 5.56 Å². The number of fused-ring (bicyclic) bond motifs is 1. The highest BCUT2D eigenvalue weighted by Gasteiger charge is 2.25. The fourth-order valence-corrected chi connectivity index (χ4v) is 4.27. The van der Waals surface area contributed by atoms with Gasteiger partial charge in [0, 0.05) is 12.3 Å². The summed E-state index contributed by atoms with van der Waals surface area (Å²) in [7, 11) is -3.63. The molecule has 0 unspecified atom stereocenters. The van der Waals surface area contributed by atoms with Crippen LogP contribution in [0.4, 0.5) is 5.95 Å². The number of benzene rings is 2. The molecule has 0 spiro atoms. The van der Waals surface area contributed by atoms with Crippen LogP contribution in [0.5, 0.6) is 0 Å². The molecule has 2 N–H and O–H groups in total. The van der Waals surface area contributed by atoms with Crippen LogP contribution in [0.2, 0.25) is 0 Å². The molecular formula is C21H23N3O2S. The van der Waals surface area contributed by atoms with E-state index in [9.17, 15) is 8.42 Å². The molecule has 0 saturated heterocycles. The van der Waals surface area contributed by atoms with Gasteiger partial charge in [0.25, 0.3) is 0 Å². The van der Waals surface area contributed by atoms with Crippen LogP contribution >= 0.6 is 0 Å². The predicted octanol–water partition coefficient (Wildman–Crippen LogP) is 3.67. The third-order valence-corrected chi connectivity index (χ3v) is 6.80. The van der Waals surface area contributed by atoms with Gasteiger partial charge in [0.15, 0.2) is 0 Å². The van der Waals surface area contributed by atoms with E-state index in [0.717, 1.165) is 15.1 Å². The van der Waals surface area contributed by atoms with Gasteiger partial charge in [-0.3, -0.25) is 0 Å². The Morgan fingerprint density at radius 3 is 2.37 bits per heavy atom. The second-order valence-corrected chi connectivity index (χ2v) is 9.29. The molecule has 1 heterocycles. The highest BCUT2D eigenvalue weighted by Crippen LogP contribution is 2.32. The Balaban J connectivity index is 2.20. The molecule has 3 rings (SSSR count). The summed E-state index contributed by atoms with van der Waals surface area (Å²) >= 11 is 0. The summed E-state index contributed by atoms with van der Waals surface area (Å²) in [5.74, 6) is 2.67. The van der Waals surface area contributed by atoms with Gasteiger partial charge >= 0.3 is 0 Å². The van der Waals surface area contributed by atoms with Crippen molar-refractivity contribution in [2.75, 3.05) is 5.73 Å². The average Bonchev–Trinajstić information content (AvgIpc) is 2.96. The van der Waals surface area contributed by atoms with E-state index < -0.39 is 15.3 Å². The van der Waals surface area contributed by atoms with Gasteiger partial charge in [0.1, 0.15) is 0 Å². The van der Waals surface area contributed by atoms with Crippen LogP contribution in [-0.2, 0) is 10.0 Å². The van der Waals surface area contributed by atoms with Crippen molar-refractivity contribution in [2.24, 2.45) is 0 Å². The second kappa shape index (κ2) is 7.09. The monoisotopic (exact) mass is 381 g/mol. The van der Waals surface area contributed by atoms with E-state index in [1.807, 2.05) is 31.2 Å². The van der Waals surface area contributed by atoms with E-state index in [4.69, 9.17) is 12.2 Å². The van der Waals surface area contributed by atoms with Crippen LogP contribution < -0.4 is 5.73 Å². The lowest BCUT2D eigenvalue weighted by molar-refractivity contribution is 0.580. The number of terminal acetylenes is 1. The van der Waals surface area contributed by atoms with E-state index >= 15 is 0 Å². The first kappa shape index (κ1) is 19.0. The Labute approximate surface area is 160 Å². The fraction of sp³-hybridized carbons (Fsp3) is 0.286. The SMILES string of the molecule is C#CC[C@H](c1ccc(C)cc1)c1ccc2nc(N)n(S(=O)(=O)C(C)C)c2c1. The number of aromatic nitrogens is 2. The van der Waals surface area contributed by atoms with Gasteiger partial charge in [0.05, 0.1) is 16.3 Å². The Morgan fingerprint density at radius 1 is 1.15 bits per heavy atom. The number of aryl methyl sites for hydroxylation is 1. The first-order valence-electron chi connectivity index (χ1n) is 8.78. The van der Waals surface area contributed by atoms with Gasteiger partial charge in [-0.05, 0) is 44.0 Å². The summed E-state index contributed by atoms with van der Waals surface area (Å²) in [5, 5.41) is -0.612. The zero-order chi connectivity index (χ0) is 19.8. The molecule has 0 amide bonds. The molecule has 6 heteroatoms. The lowest BCUT2D eigenvalue weighted by atomic mass is 9.88. The lowest BCUT2D eigenvalue weighted by Gasteiger charge is -2.17. The van der Waals surface area contributed by atoms with Crippen LogP contribution in [0.3, 0.4) is 0 Å². The van der Waals surface area contributed by atoms with E-state index in [1.54, 1.807) is 19.9 Å². The molecule has 0 aliphatic heterocycles. The van der Waals surface area contributed by atoms with Gasteiger partial charge in [-0.15, -0.1) is 12.3 Å². The molecule has 2 aromatic carbocycles. The first-order valence-corrected chi connectivity index (χ1v) is 10.3. The van der Waals surface area contributed by atoms with Gasteiger partial charge in [-0.25, -0.2) is 17.4 Å². The van der Waals surface area contributed by atoms with Crippen molar-refractivity contribution in [1.29, 1.82) is 0 Å². The molecule has 27 heavy (non-hydrogen) atoms. The number of hydrogen-bond donors (Lipinski definition) is 1. The molecule has 0 radical (unpaired) electrons. The topological polar surface area (TPSA) is 78.0 Å². The highest BCUT2D eigenvalue weighted by atomic mass is 32.2. The van der Waals surface area contributed by atoms with Crippen molar-refractivity contribution in [3.05, 3.63) is 59.2 Å². The summed E-state index contributed by atoms with van der Waals surface area (Å²) in [6.07, 6.45) is 6.12. The molecule has 140 valence electrons. The van der Waals surface area contributed by atoms with Crippen molar-refractivity contribution >= 4 is 27.0 Å². The van der Waals surface area contributed by atoms with Crippen LogP contribution in [0, 0.1) is 19.3 Å². The Kier molecular flexibility index (Phi) is 4.99. The minimum Gasteiger partial charge on any atom is -0.368 e. The maximum absolute atomic E-state index is 12.8. The lowest BCUT2D eigenvalue weighted by Crippen LogP contribution is -2.23. The zero-order valence-electron chi connectivity index (χ0n) is 15.7. The largest absolute Gasteiger partial charge is 0.368 e. The van der Waals surface area contributed by atoms with Crippen molar-refractivity contribution in [3.8, 4) is 12.3 Å². The normalized spacial score (nSPS) is 13.0. The third kappa shape index (κ3) is 3.43. The molecule has 0 aliphatic rings. The van der Waals surface area contributed by atoms with Crippen LogP contribution in [0.1, 0.15) is 42.9 Å². The van der Waals surface area contributed by atoms with Crippen molar-refractivity contribution in [3.63, 3.8) is 0 Å². The Bertz CT molecular complexity index is 1120. The van der Waals surface area contributed by atoms with E-state index in [-0.39, 0.29) is 11.9 Å². The van der Waals surface area contributed by atoms with Crippen molar-refractivity contribution in [2.45, 2.75) is 38.4 Å². The molecule has 0 saturated carbocycles. The second-order valence-electron chi connectivity index (χ2n) is 6.95. The minimum absolute atomic E-state index is 0.0281. The van der Waals surface area contributed by atoms with Gasteiger partial charge < -0.3 is 5.73 Å². The van der Waals surface area contributed by atoms with Gasteiger partial charge in [-0.1, -0.05) is 35.9 Å². The number of anilines is 1. The third-order valence-electron chi connectivity index (χ3n) is 4.72. The summed E-state index contributed by atoms with van der Waals surface area (Å²) in [6, 6.07) is 13.8. The number of nitrogens with two attached hydrogens (primary N) is 1. The average molecular weight is 382 g/mol. The molecule has 3 aromatic rings. The number of imidazole rings is 1. The summed E-state index contributed by atoms with van der Waals surface area (Å²) in [6.45, 7) is 5.28. The fourth-order valence-electron chi connectivity index (χ4n) is 3.13. The Morgan fingerprint density at radius 2 is 1.78 bits per heavy atom. The van der Waals surface area contributed by atoms with Crippen LogP contribution in [-0.4, -0.2) is 22.6 Å². The van der Waals surface area contributed by atoms with Gasteiger partial charge in [-0.2, -0.15) is 0 Å². The van der Waals surface area contributed by atoms with Crippen LogP contribution in [0.25, 0.3) is 11.0 Å². The summed E-state index contributed by atoms with van der Waals surface area (Å²) < 4.78 is 26.6. The quantitative estimate of drug-likeness (QED) is 0.684. The maximum Gasteiger partial charge on any atom is 0.244 e. The number of nitrogens with zero attached hydrogens (tertiary/aromatic N) is 2. The maximum atomic E-state index is 12.8. The minimum atomic E-state index is -3.63. The number of hydrogen-bond acceptors (Lipinski definition) is 4. The highest BCUT2D eigenvalue weighted by molar-refractivity contribution is 7.90. The molecule has 5 nitrogen and oxygen atoms in total. The molecule has 1 aromatic heterocycles. The summed E-state index contributed by atoms with van der Waals surface area (Å²) in [4.78, 5) is 4.21. The zero-order valence-corrected chi connectivity index (χ0v) is 16.5. The number of rotatable bonds is 5. The molecule has 0 bridgehead atoms. The predicted molar refractivity (Wildman–Crippen MR) is 110 cm³/mol. The first-order chi connectivity index (χ1) is 12.8. The summed E-state index contributed by atoms with van der Waals surface area (Å²) in [5.41, 5.74) is 10.1. The molecule has 0 fully saturated rings. The molecular weight excluding hydrogens is 358 g/mol. The number of nitrogen functional groups attached to an aromatic ring is 1. The smallest absolute Gasteiger partial charge is 0.244 e. The van der Waals surface area contributed by atoms with Crippen molar-refractivity contribution < 1.29 is 8.42 Å². The molecule has 1 atom stereocenters. The van der Waals surface area contributed by atoms with Crippen LogP contribution in [0.15, 0.2) is 42.5 Å². The van der Waals surface area contributed by atoms with Gasteiger partial charge in [0.2, 0.25) is 16.0 Å². The standard InChI is InChI=1S/C21H23N3O2S/c1-5-6-18(16-9-7-15(4)8-10-16)17-11-12-19-20(13-17)24(21(22)23-19)27(25,26)14(2)3/h1,7-14,18H,6H2,2-4H3,(H2,22,23)/t18-/m1/s1.